The summed E-state index contributed by atoms with van der Waals surface area (Å²) in [5, 5.41) is 0. The molecule has 2 heteroatoms. The number of benzene rings is 9. The SMILES string of the molecule is CC1(C)c2ccccc2-c2c(N(c3ccccc3)c3ccc(-c4ccc(N(c5ccc(-c6ccccc6)cc5)c5ccc(-c6ccccc6)cc5)cc4)cc3)cccc21. The fourth-order valence-corrected chi connectivity index (χ4v) is 8.85. The van der Waals surface area contributed by atoms with Crippen LogP contribution in [0.4, 0.5) is 34.1 Å². The normalized spacial score (nSPS) is 12.4. The molecule has 0 atom stereocenters. The van der Waals surface area contributed by atoms with Crippen LogP contribution in [0.2, 0.25) is 0 Å². The van der Waals surface area contributed by atoms with E-state index in [9.17, 15) is 0 Å². The smallest absolute Gasteiger partial charge is 0.0543 e. The maximum Gasteiger partial charge on any atom is 0.0543 e. The Kier molecular flexibility index (Phi) is 9.24. The lowest BCUT2D eigenvalue weighted by Gasteiger charge is -2.29. The molecule has 0 amide bonds. The van der Waals surface area contributed by atoms with Crippen LogP contribution < -0.4 is 9.80 Å². The van der Waals surface area contributed by atoms with Crippen molar-refractivity contribution in [2.24, 2.45) is 0 Å². The first-order valence-corrected chi connectivity index (χ1v) is 20.4. The van der Waals surface area contributed by atoms with Crippen LogP contribution in [0.15, 0.2) is 231 Å². The zero-order chi connectivity index (χ0) is 39.8. The van der Waals surface area contributed by atoms with Gasteiger partial charge < -0.3 is 9.80 Å². The second kappa shape index (κ2) is 15.2. The first-order chi connectivity index (χ1) is 29.0. The van der Waals surface area contributed by atoms with Crippen LogP contribution in [0.1, 0.15) is 25.0 Å². The molecule has 1 aliphatic rings. The summed E-state index contributed by atoms with van der Waals surface area (Å²) in [6.45, 7) is 4.69. The van der Waals surface area contributed by atoms with E-state index < -0.39 is 0 Å². The third-order valence-corrected chi connectivity index (χ3v) is 11.9. The molecule has 10 rings (SSSR count). The molecule has 0 heterocycles. The number of anilines is 6. The minimum atomic E-state index is -0.0763. The number of hydrogen-bond donors (Lipinski definition) is 0. The van der Waals surface area contributed by atoms with Gasteiger partial charge in [-0.3, -0.25) is 0 Å². The molecule has 0 fully saturated rings. The third kappa shape index (κ3) is 6.69. The first kappa shape index (κ1) is 36.0. The predicted molar refractivity (Wildman–Crippen MR) is 250 cm³/mol. The van der Waals surface area contributed by atoms with Crippen molar-refractivity contribution in [3.63, 3.8) is 0 Å². The molecule has 2 nitrogen and oxygen atoms in total. The fraction of sp³-hybridized carbons (Fsp3) is 0.0526. The van der Waals surface area contributed by atoms with Crippen molar-refractivity contribution in [2.45, 2.75) is 19.3 Å². The predicted octanol–water partition coefficient (Wildman–Crippen LogP) is 15.9. The quantitative estimate of drug-likeness (QED) is 0.145. The van der Waals surface area contributed by atoms with Crippen LogP contribution in [-0.4, -0.2) is 0 Å². The summed E-state index contributed by atoms with van der Waals surface area (Å²) in [7, 11) is 0. The molecule has 0 unspecified atom stereocenters. The van der Waals surface area contributed by atoms with E-state index in [1.807, 2.05) is 0 Å². The molecule has 0 bridgehead atoms. The molecule has 1 aliphatic carbocycles. The first-order valence-electron chi connectivity index (χ1n) is 20.4. The molecule has 9 aromatic carbocycles. The van der Waals surface area contributed by atoms with Crippen molar-refractivity contribution in [3.05, 3.63) is 242 Å². The molecule has 9 aromatic rings. The van der Waals surface area contributed by atoms with Crippen LogP contribution >= 0.6 is 0 Å². The maximum absolute atomic E-state index is 2.41. The summed E-state index contributed by atoms with van der Waals surface area (Å²) in [6.07, 6.45) is 0. The Morgan fingerprint density at radius 1 is 0.271 bits per heavy atom. The van der Waals surface area contributed by atoms with E-state index in [0.29, 0.717) is 0 Å². The molecule has 0 saturated heterocycles. The molecule has 0 N–H and O–H groups in total. The molecule has 0 aliphatic heterocycles. The van der Waals surface area contributed by atoms with Gasteiger partial charge in [-0.2, -0.15) is 0 Å². The molecular formula is C57H44N2. The van der Waals surface area contributed by atoms with Gasteiger partial charge >= 0.3 is 0 Å². The highest BCUT2D eigenvalue weighted by molar-refractivity contribution is 5.95. The molecule has 59 heavy (non-hydrogen) atoms. The second-order valence-corrected chi connectivity index (χ2v) is 15.8. The Balaban J connectivity index is 0.992. The Hall–Kier alpha value is -7.42. The Bertz CT molecular complexity index is 2760. The van der Waals surface area contributed by atoms with Gasteiger partial charge in [0.2, 0.25) is 0 Å². The van der Waals surface area contributed by atoms with E-state index in [1.165, 1.54) is 61.3 Å². The lowest BCUT2D eigenvalue weighted by Crippen LogP contribution is -2.16. The molecule has 0 radical (unpaired) electrons. The summed E-state index contributed by atoms with van der Waals surface area (Å²) in [6, 6.07) is 83.3. The molecular weight excluding hydrogens is 713 g/mol. The van der Waals surface area contributed by atoms with Gasteiger partial charge in [0.05, 0.1) is 5.69 Å². The van der Waals surface area contributed by atoms with Gasteiger partial charge in [-0.15, -0.1) is 0 Å². The largest absolute Gasteiger partial charge is 0.311 e. The standard InChI is InChI=1S/C57H44N2/c1-57(2)53-22-13-12-21-52(53)56-54(57)23-14-24-55(56)59(47-19-10-5-11-20-47)51-39-31-46(32-40-51)45-29-37-50(38-30-45)58(48-33-25-43(26-34-48)41-15-6-3-7-16-41)49-35-27-44(28-36-49)42-17-8-4-9-18-42/h3-40H,1-2H3. The summed E-state index contributed by atoms with van der Waals surface area (Å²) in [4.78, 5) is 4.75. The van der Waals surface area contributed by atoms with Gasteiger partial charge in [-0.25, -0.2) is 0 Å². The number of fused-ring (bicyclic) bond motifs is 3. The van der Waals surface area contributed by atoms with Crippen molar-refractivity contribution >= 4 is 34.1 Å². The lowest BCUT2D eigenvalue weighted by molar-refractivity contribution is 0.660. The molecule has 0 spiro atoms. The minimum Gasteiger partial charge on any atom is -0.311 e. The summed E-state index contributed by atoms with van der Waals surface area (Å²) in [5.74, 6) is 0. The van der Waals surface area contributed by atoms with E-state index in [1.54, 1.807) is 0 Å². The Morgan fingerprint density at radius 3 is 1.07 bits per heavy atom. The average Bonchev–Trinajstić information content (AvgIpc) is 3.55. The zero-order valence-corrected chi connectivity index (χ0v) is 33.3. The van der Waals surface area contributed by atoms with E-state index in [-0.39, 0.29) is 5.41 Å². The van der Waals surface area contributed by atoms with Crippen LogP contribution in [0, 0.1) is 0 Å². The Morgan fingerprint density at radius 2 is 0.610 bits per heavy atom. The number of para-hydroxylation sites is 1. The number of nitrogens with zero attached hydrogens (tertiary/aromatic N) is 2. The van der Waals surface area contributed by atoms with Crippen molar-refractivity contribution in [2.75, 3.05) is 9.80 Å². The van der Waals surface area contributed by atoms with Crippen molar-refractivity contribution in [1.29, 1.82) is 0 Å². The van der Waals surface area contributed by atoms with Crippen molar-refractivity contribution < 1.29 is 0 Å². The lowest BCUT2D eigenvalue weighted by atomic mass is 9.82. The van der Waals surface area contributed by atoms with Gasteiger partial charge in [-0.1, -0.05) is 178 Å². The molecule has 282 valence electrons. The van der Waals surface area contributed by atoms with E-state index in [2.05, 4.69) is 254 Å². The summed E-state index contributed by atoms with van der Waals surface area (Å²) >= 11 is 0. The summed E-state index contributed by atoms with van der Waals surface area (Å²) in [5.41, 5.74) is 19.2. The average molecular weight is 757 g/mol. The highest BCUT2D eigenvalue weighted by Crippen LogP contribution is 2.54. The van der Waals surface area contributed by atoms with E-state index in [4.69, 9.17) is 0 Å². The highest BCUT2D eigenvalue weighted by atomic mass is 15.1. The highest BCUT2D eigenvalue weighted by Gasteiger charge is 2.37. The molecule has 0 saturated carbocycles. The molecule has 0 aromatic heterocycles. The zero-order valence-electron chi connectivity index (χ0n) is 33.3. The maximum atomic E-state index is 2.41. The fourth-order valence-electron chi connectivity index (χ4n) is 8.85. The van der Waals surface area contributed by atoms with Crippen LogP contribution in [-0.2, 0) is 5.41 Å². The van der Waals surface area contributed by atoms with E-state index >= 15 is 0 Å². The van der Waals surface area contributed by atoms with Gasteiger partial charge in [0, 0.05) is 39.4 Å². The Labute approximate surface area is 347 Å². The van der Waals surface area contributed by atoms with Gasteiger partial charge in [0.15, 0.2) is 0 Å². The van der Waals surface area contributed by atoms with Crippen LogP contribution in [0.25, 0.3) is 44.5 Å². The van der Waals surface area contributed by atoms with Gasteiger partial charge in [0.1, 0.15) is 0 Å². The summed E-state index contributed by atoms with van der Waals surface area (Å²) < 4.78 is 0. The minimum absolute atomic E-state index is 0.0763. The third-order valence-electron chi connectivity index (χ3n) is 11.9. The number of hydrogen-bond acceptors (Lipinski definition) is 2. The van der Waals surface area contributed by atoms with Crippen molar-refractivity contribution in [3.8, 4) is 44.5 Å². The van der Waals surface area contributed by atoms with Crippen molar-refractivity contribution in [1.82, 2.24) is 0 Å². The van der Waals surface area contributed by atoms with Crippen LogP contribution in [0.3, 0.4) is 0 Å². The van der Waals surface area contributed by atoms with Gasteiger partial charge in [0.25, 0.3) is 0 Å². The number of rotatable bonds is 9. The monoisotopic (exact) mass is 756 g/mol. The second-order valence-electron chi connectivity index (χ2n) is 15.8. The van der Waals surface area contributed by atoms with Gasteiger partial charge in [-0.05, 0) is 117 Å². The van der Waals surface area contributed by atoms with Crippen LogP contribution in [0.5, 0.6) is 0 Å². The van der Waals surface area contributed by atoms with E-state index in [0.717, 1.165) is 28.4 Å². The topological polar surface area (TPSA) is 6.48 Å².